The number of rotatable bonds is 2. The summed E-state index contributed by atoms with van der Waals surface area (Å²) < 4.78 is 0. The molecule has 0 aromatic heterocycles. The molecule has 0 saturated heterocycles. The molecule has 0 unspecified atom stereocenters. The number of carbonyl (C=O) groups excluding carboxylic acids is 3. The van der Waals surface area contributed by atoms with Crippen LogP contribution in [0, 0.1) is 11.8 Å². The Labute approximate surface area is 172 Å². The third-order valence-electron chi connectivity index (χ3n) is 6.55. The third kappa shape index (κ3) is 2.41. The van der Waals surface area contributed by atoms with E-state index >= 15 is 0 Å². The van der Waals surface area contributed by atoms with Crippen LogP contribution in [0.15, 0.2) is 41.2 Å². The Balaban J connectivity index is 2.02. The molecule has 8 nitrogen and oxygen atoms in total. The highest BCUT2D eigenvalue weighted by Crippen LogP contribution is 2.51. The predicted octanol–water partition coefficient (Wildman–Crippen LogP) is 0.333. The lowest BCUT2D eigenvalue weighted by atomic mass is 9.56. The molecule has 0 heterocycles. The minimum Gasteiger partial charge on any atom is -0.508 e. The Kier molecular flexibility index (Phi) is 4.50. The standard InChI is InChI=1S/C22H23NO7/c1-9(24)13-19(27)16(23(2)3)15-18(26)12-8-10-6-4-5-7-11(10)17(25)14(12)21(29)22(15,30)20(13)28/h4-7,12,15-16,18,25-26,28,30H,8H2,1-3H3/t12-,15-,16+,18+,22-/m1/s1. The molecule has 30 heavy (non-hydrogen) atoms. The van der Waals surface area contributed by atoms with Gasteiger partial charge in [0.25, 0.3) is 0 Å². The third-order valence-corrected chi connectivity index (χ3v) is 6.55. The molecular formula is C22H23NO7. The largest absolute Gasteiger partial charge is 0.508 e. The number of aliphatic hydroxyl groups is 4. The average molecular weight is 413 g/mol. The molecule has 8 heteroatoms. The van der Waals surface area contributed by atoms with E-state index in [1.54, 1.807) is 24.3 Å². The molecule has 1 fully saturated rings. The highest BCUT2D eigenvalue weighted by atomic mass is 16.4. The van der Waals surface area contributed by atoms with E-state index in [9.17, 15) is 34.8 Å². The minimum absolute atomic E-state index is 0.207. The maximum atomic E-state index is 13.5. The van der Waals surface area contributed by atoms with E-state index in [1.807, 2.05) is 0 Å². The van der Waals surface area contributed by atoms with Gasteiger partial charge in [-0.3, -0.25) is 19.3 Å². The summed E-state index contributed by atoms with van der Waals surface area (Å²) >= 11 is 0. The quantitative estimate of drug-likeness (QED) is 0.510. The van der Waals surface area contributed by atoms with Crippen LogP contribution < -0.4 is 0 Å². The lowest BCUT2D eigenvalue weighted by molar-refractivity contribution is -0.168. The minimum atomic E-state index is -2.71. The zero-order chi connectivity index (χ0) is 22.1. The van der Waals surface area contributed by atoms with Gasteiger partial charge in [0.05, 0.1) is 18.1 Å². The molecule has 3 aliphatic carbocycles. The van der Waals surface area contributed by atoms with Gasteiger partial charge in [-0.2, -0.15) is 0 Å². The summed E-state index contributed by atoms with van der Waals surface area (Å²) in [5.74, 6) is -6.31. The molecule has 4 rings (SSSR count). The number of likely N-dealkylation sites (N-methyl/N-ethyl adjacent to an activating group) is 1. The summed E-state index contributed by atoms with van der Waals surface area (Å²) in [5.41, 5.74) is -2.47. The van der Waals surface area contributed by atoms with Crippen molar-refractivity contribution in [3.63, 3.8) is 0 Å². The monoisotopic (exact) mass is 413 g/mol. The molecule has 1 aromatic carbocycles. The number of ketones is 3. The number of hydrogen-bond donors (Lipinski definition) is 4. The van der Waals surface area contributed by atoms with Crippen LogP contribution in [0.25, 0.3) is 5.76 Å². The summed E-state index contributed by atoms with van der Waals surface area (Å²) in [7, 11) is 3.05. The van der Waals surface area contributed by atoms with Gasteiger partial charge in [-0.25, -0.2) is 0 Å². The van der Waals surface area contributed by atoms with Crippen LogP contribution in [0.5, 0.6) is 0 Å². The van der Waals surface area contributed by atoms with Crippen LogP contribution in [0.4, 0.5) is 0 Å². The van der Waals surface area contributed by atoms with Gasteiger partial charge < -0.3 is 20.4 Å². The van der Waals surface area contributed by atoms with Crippen LogP contribution in [-0.2, 0) is 20.8 Å². The van der Waals surface area contributed by atoms with Crippen LogP contribution in [0.1, 0.15) is 18.1 Å². The average Bonchev–Trinajstić information content (AvgIpc) is 2.68. The fourth-order valence-corrected chi connectivity index (χ4v) is 5.21. The Hall–Kier alpha value is -2.81. The van der Waals surface area contributed by atoms with Gasteiger partial charge in [0, 0.05) is 17.1 Å². The van der Waals surface area contributed by atoms with Gasteiger partial charge in [-0.15, -0.1) is 0 Å². The number of nitrogens with zero attached hydrogens (tertiary/aromatic N) is 1. The first kappa shape index (κ1) is 20.5. The topological polar surface area (TPSA) is 135 Å². The van der Waals surface area contributed by atoms with Gasteiger partial charge in [0.2, 0.25) is 5.78 Å². The second kappa shape index (κ2) is 6.60. The number of benzene rings is 1. The maximum absolute atomic E-state index is 13.5. The van der Waals surface area contributed by atoms with E-state index in [0.717, 1.165) is 6.92 Å². The van der Waals surface area contributed by atoms with E-state index < -0.39 is 58.3 Å². The summed E-state index contributed by atoms with van der Waals surface area (Å²) in [6.45, 7) is 1.06. The molecule has 3 aliphatic rings. The SMILES string of the molecule is CC(=O)C1=C(O)[C@@]2(O)C(=O)C3=C(O)c4ccccc4C[C@H]3[C@H](O)[C@H]2[C@H](N(C)C)C1=O. The number of aliphatic hydroxyl groups excluding tert-OH is 3. The smallest absolute Gasteiger partial charge is 0.202 e. The van der Waals surface area contributed by atoms with E-state index in [0.29, 0.717) is 11.1 Å². The lowest BCUT2D eigenvalue weighted by Crippen LogP contribution is -2.70. The number of carbonyl (C=O) groups is 3. The molecule has 0 radical (unpaired) electrons. The lowest BCUT2D eigenvalue weighted by Gasteiger charge is -2.52. The number of hydrogen-bond acceptors (Lipinski definition) is 8. The molecule has 158 valence electrons. The maximum Gasteiger partial charge on any atom is 0.202 e. The highest BCUT2D eigenvalue weighted by molar-refractivity contribution is 6.25. The predicted molar refractivity (Wildman–Crippen MR) is 105 cm³/mol. The number of Topliss-reactive ketones (excluding diaryl/α,β-unsaturated/α-hetero) is 3. The Morgan fingerprint density at radius 3 is 2.40 bits per heavy atom. The van der Waals surface area contributed by atoms with Crippen molar-refractivity contribution in [1.82, 2.24) is 4.90 Å². The van der Waals surface area contributed by atoms with E-state index in [2.05, 4.69) is 0 Å². The van der Waals surface area contributed by atoms with Crippen LogP contribution in [0.3, 0.4) is 0 Å². The molecule has 0 aliphatic heterocycles. The summed E-state index contributed by atoms with van der Waals surface area (Å²) in [6.07, 6.45) is -1.22. The molecule has 5 atom stereocenters. The van der Waals surface area contributed by atoms with E-state index in [4.69, 9.17) is 0 Å². The normalized spacial score (nSPS) is 33.4. The second-order valence-electron chi connectivity index (χ2n) is 8.39. The first-order valence-corrected chi connectivity index (χ1v) is 9.65. The summed E-state index contributed by atoms with van der Waals surface area (Å²) in [6, 6.07) is 5.62. The second-order valence-corrected chi connectivity index (χ2v) is 8.39. The van der Waals surface area contributed by atoms with Gasteiger partial charge in [0.1, 0.15) is 17.1 Å². The fourth-order valence-electron chi connectivity index (χ4n) is 5.21. The van der Waals surface area contributed by atoms with Crippen molar-refractivity contribution >= 4 is 23.1 Å². The van der Waals surface area contributed by atoms with Crippen LogP contribution in [0.2, 0.25) is 0 Å². The van der Waals surface area contributed by atoms with Crippen LogP contribution in [-0.4, -0.2) is 74.5 Å². The first-order chi connectivity index (χ1) is 14.0. The van der Waals surface area contributed by atoms with Gasteiger partial charge >= 0.3 is 0 Å². The zero-order valence-electron chi connectivity index (χ0n) is 16.8. The molecule has 1 aromatic rings. The van der Waals surface area contributed by atoms with E-state index in [-0.39, 0.29) is 17.8 Å². The van der Waals surface area contributed by atoms with Gasteiger partial charge in [-0.05, 0) is 33.0 Å². The molecule has 0 bridgehead atoms. The highest BCUT2D eigenvalue weighted by Gasteiger charge is 2.67. The van der Waals surface area contributed by atoms with Crippen molar-refractivity contribution in [3.05, 3.63) is 52.3 Å². The Bertz CT molecular complexity index is 1050. The first-order valence-electron chi connectivity index (χ1n) is 9.65. The summed E-state index contributed by atoms with van der Waals surface area (Å²) in [4.78, 5) is 40.0. The van der Waals surface area contributed by atoms with Crippen molar-refractivity contribution in [1.29, 1.82) is 0 Å². The molecule has 1 saturated carbocycles. The van der Waals surface area contributed by atoms with Crippen molar-refractivity contribution in [3.8, 4) is 0 Å². The molecule has 0 spiro atoms. The fraction of sp³-hybridized carbons (Fsp3) is 0.409. The van der Waals surface area contributed by atoms with E-state index in [1.165, 1.54) is 19.0 Å². The van der Waals surface area contributed by atoms with Crippen molar-refractivity contribution in [2.75, 3.05) is 14.1 Å². The van der Waals surface area contributed by atoms with Crippen molar-refractivity contribution < 1.29 is 34.8 Å². The van der Waals surface area contributed by atoms with Gasteiger partial charge in [0.15, 0.2) is 17.2 Å². The molecule has 0 amide bonds. The van der Waals surface area contributed by atoms with Crippen molar-refractivity contribution in [2.24, 2.45) is 11.8 Å². The summed E-state index contributed by atoms with van der Waals surface area (Å²) in [5, 5.41) is 44.3. The molecule has 4 N–H and O–H groups in total. The zero-order valence-corrected chi connectivity index (χ0v) is 16.8. The Morgan fingerprint density at radius 2 is 1.80 bits per heavy atom. The van der Waals surface area contributed by atoms with Gasteiger partial charge in [-0.1, -0.05) is 24.3 Å². The number of fused-ring (bicyclic) bond motifs is 3. The van der Waals surface area contributed by atoms with Crippen molar-refractivity contribution in [2.45, 2.75) is 31.1 Å². The van der Waals surface area contributed by atoms with Crippen LogP contribution >= 0.6 is 0 Å². The Morgan fingerprint density at radius 1 is 1.17 bits per heavy atom. The molecular weight excluding hydrogens is 390 g/mol.